The Labute approximate surface area is 130 Å². The van der Waals surface area contributed by atoms with Gasteiger partial charge in [0.05, 0.1) is 5.56 Å². The van der Waals surface area contributed by atoms with Gasteiger partial charge in [-0.2, -0.15) is 0 Å². The minimum absolute atomic E-state index is 0.134. The number of fused-ring (bicyclic) bond motifs is 1. The Hall–Kier alpha value is -1.74. The van der Waals surface area contributed by atoms with Crippen LogP contribution in [0.25, 0.3) is 0 Å². The van der Waals surface area contributed by atoms with E-state index in [1.807, 2.05) is 31.2 Å². The number of carbonyl (C=O) groups is 1. The van der Waals surface area contributed by atoms with Crippen molar-refractivity contribution in [3.8, 4) is 0 Å². The van der Waals surface area contributed by atoms with Crippen LogP contribution in [0.5, 0.6) is 0 Å². The molecule has 21 heavy (non-hydrogen) atoms. The molecule has 0 N–H and O–H groups in total. The molecule has 0 aromatic heterocycles. The van der Waals surface area contributed by atoms with Gasteiger partial charge in [0.25, 0.3) is 0 Å². The first kappa shape index (κ1) is 14.2. The highest BCUT2D eigenvalue weighted by Gasteiger charge is 2.24. The van der Waals surface area contributed by atoms with Crippen molar-refractivity contribution >= 4 is 18.6 Å². The van der Waals surface area contributed by atoms with E-state index >= 15 is 0 Å². The molecule has 0 heterocycles. The third kappa shape index (κ3) is 2.98. The van der Waals surface area contributed by atoms with Crippen LogP contribution in [-0.2, 0) is 11.2 Å². The highest BCUT2D eigenvalue weighted by molar-refractivity contribution is 7.80. The molecule has 3 rings (SSSR count). The summed E-state index contributed by atoms with van der Waals surface area (Å²) in [5, 5.41) is 0. The molecule has 0 saturated heterocycles. The fraction of sp³-hybridized carbons (Fsp3) is 0.278. The fourth-order valence-corrected chi connectivity index (χ4v) is 3.06. The van der Waals surface area contributed by atoms with Gasteiger partial charge < -0.3 is 4.74 Å². The first-order valence-electron chi connectivity index (χ1n) is 7.23. The van der Waals surface area contributed by atoms with Crippen LogP contribution >= 0.6 is 12.6 Å². The van der Waals surface area contributed by atoms with E-state index in [0.717, 1.165) is 35.3 Å². The van der Waals surface area contributed by atoms with Crippen molar-refractivity contribution in [2.75, 3.05) is 0 Å². The molecule has 1 aliphatic rings. The number of thiol groups is 1. The number of aryl methyl sites for hydroxylation is 2. The van der Waals surface area contributed by atoms with E-state index in [0.29, 0.717) is 5.56 Å². The predicted molar refractivity (Wildman–Crippen MR) is 86.0 cm³/mol. The molecular formula is C18H18O2S. The lowest BCUT2D eigenvalue weighted by Gasteiger charge is -2.25. The molecule has 0 aliphatic heterocycles. The van der Waals surface area contributed by atoms with E-state index in [-0.39, 0.29) is 12.1 Å². The quantitative estimate of drug-likeness (QED) is 0.652. The number of esters is 1. The minimum atomic E-state index is -0.259. The molecule has 0 spiro atoms. The van der Waals surface area contributed by atoms with E-state index in [2.05, 4.69) is 24.8 Å². The lowest BCUT2D eigenvalue weighted by Crippen LogP contribution is -2.17. The van der Waals surface area contributed by atoms with Crippen molar-refractivity contribution in [2.24, 2.45) is 0 Å². The van der Waals surface area contributed by atoms with Gasteiger partial charge in [-0.05, 0) is 55.0 Å². The topological polar surface area (TPSA) is 26.3 Å². The first-order valence-corrected chi connectivity index (χ1v) is 7.68. The summed E-state index contributed by atoms with van der Waals surface area (Å²) < 4.78 is 5.77. The van der Waals surface area contributed by atoms with Gasteiger partial charge in [0, 0.05) is 4.90 Å². The highest BCUT2D eigenvalue weighted by Crippen LogP contribution is 2.33. The van der Waals surface area contributed by atoms with Gasteiger partial charge in [-0.1, -0.05) is 30.3 Å². The molecule has 0 amide bonds. The number of hydrogen-bond donors (Lipinski definition) is 1. The van der Waals surface area contributed by atoms with Crippen molar-refractivity contribution in [3.05, 3.63) is 64.7 Å². The average molecular weight is 298 g/mol. The van der Waals surface area contributed by atoms with Crippen LogP contribution in [0.1, 0.15) is 46.0 Å². The Morgan fingerprint density at radius 2 is 2.05 bits per heavy atom. The van der Waals surface area contributed by atoms with Gasteiger partial charge in [-0.25, -0.2) is 4.79 Å². The Balaban J connectivity index is 1.84. The van der Waals surface area contributed by atoms with Crippen molar-refractivity contribution < 1.29 is 9.53 Å². The molecule has 0 saturated carbocycles. The van der Waals surface area contributed by atoms with Gasteiger partial charge >= 0.3 is 5.97 Å². The number of benzene rings is 2. The molecule has 0 radical (unpaired) electrons. The SMILES string of the molecule is Cc1ccc(S)cc1C(=O)OC1CCCc2ccccc21. The molecule has 2 nitrogen and oxygen atoms in total. The van der Waals surface area contributed by atoms with Crippen molar-refractivity contribution in [1.82, 2.24) is 0 Å². The van der Waals surface area contributed by atoms with Gasteiger partial charge in [0.1, 0.15) is 6.10 Å². The van der Waals surface area contributed by atoms with E-state index in [1.54, 1.807) is 6.07 Å². The zero-order valence-electron chi connectivity index (χ0n) is 12.0. The zero-order valence-corrected chi connectivity index (χ0v) is 12.9. The second-order valence-corrected chi connectivity index (χ2v) is 6.00. The predicted octanol–water partition coefficient (Wildman–Crippen LogP) is 4.52. The van der Waals surface area contributed by atoms with Crippen LogP contribution in [0.4, 0.5) is 0 Å². The second kappa shape index (κ2) is 5.94. The summed E-state index contributed by atoms with van der Waals surface area (Å²) in [6.45, 7) is 1.92. The molecule has 1 unspecified atom stereocenters. The van der Waals surface area contributed by atoms with Crippen LogP contribution in [0.15, 0.2) is 47.4 Å². The number of carbonyl (C=O) groups excluding carboxylic acids is 1. The lowest BCUT2D eigenvalue weighted by atomic mass is 9.89. The second-order valence-electron chi connectivity index (χ2n) is 5.48. The lowest BCUT2D eigenvalue weighted by molar-refractivity contribution is 0.0255. The summed E-state index contributed by atoms with van der Waals surface area (Å²) in [5.41, 5.74) is 3.96. The first-order chi connectivity index (χ1) is 10.1. The molecule has 108 valence electrons. The summed E-state index contributed by atoms with van der Waals surface area (Å²) in [6.07, 6.45) is 2.88. The van der Waals surface area contributed by atoms with E-state index in [9.17, 15) is 4.79 Å². The van der Waals surface area contributed by atoms with Gasteiger partial charge in [0.15, 0.2) is 0 Å². The summed E-state index contributed by atoms with van der Waals surface area (Å²) in [7, 11) is 0. The maximum absolute atomic E-state index is 12.4. The molecule has 1 aliphatic carbocycles. The molecule has 1 atom stereocenters. The molecular weight excluding hydrogens is 280 g/mol. The van der Waals surface area contributed by atoms with Crippen LogP contribution in [0.3, 0.4) is 0 Å². The number of ether oxygens (including phenoxy) is 1. The summed E-state index contributed by atoms with van der Waals surface area (Å²) in [6, 6.07) is 13.8. The van der Waals surface area contributed by atoms with Crippen molar-refractivity contribution in [3.63, 3.8) is 0 Å². The highest BCUT2D eigenvalue weighted by atomic mass is 32.1. The van der Waals surface area contributed by atoms with E-state index in [1.165, 1.54) is 5.56 Å². The van der Waals surface area contributed by atoms with Crippen LogP contribution < -0.4 is 0 Å². The van der Waals surface area contributed by atoms with E-state index < -0.39 is 0 Å². The van der Waals surface area contributed by atoms with E-state index in [4.69, 9.17) is 4.74 Å². The smallest absolute Gasteiger partial charge is 0.339 e. The molecule has 3 heteroatoms. The maximum Gasteiger partial charge on any atom is 0.339 e. The van der Waals surface area contributed by atoms with Gasteiger partial charge in [0.2, 0.25) is 0 Å². The monoisotopic (exact) mass is 298 g/mol. The minimum Gasteiger partial charge on any atom is -0.454 e. The van der Waals surface area contributed by atoms with Crippen LogP contribution in [-0.4, -0.2) is 5.97 Å². The summed E-state index contributed by atoms with van der Waals surface area (Å²) >= 11 is 4.30. The van der Waals surface area contributed by atoms with Gasteiger partial charge in [-0.15, -0.1) is 12.6 Å². The third-order valence-corrected chi connectivity index (χ3v) is 4.28. The van der Waals surface area contributed by atoms with Crippen LogP contribution in [0.2, 0.25) is 0 Å². The van der Waals surface area contributed by atoms with Crippen molar-refractivity contribution in [1.29, 1.82) is 0 Å². The Bertz CT molecular complexity index is 679. The molecule has 2 aromatic rings. The average Bonchev–Trinajstić information content (AvgIpc) is 2.50. The molecule has 0 fully saturated rings. The number of rotatable bonds is 2. The zero-order chi connectivity index (χ0) is 14.8. The number of hydrogen-bond acceptors (Lipinski definition) is 3. The normalized spacial score (nSPS) is 17.1. The molecule has 0 bridgehead atoms. The van der Waals surface area contributed by atoms with Crippen LogP contribution in [0, 0.1) is 6.92 Å². The van der Waals surface area contributed by atoms with Crippen molar-refractivity contribution in [2.45, 2.75) is 37.2 Å². The summed E-state index contributed by atoms with van der Waals surface area (Å²) in [5.74, 6) is -0.259. The standard InChI is InChI=1S/C18H18O2S/c1-12-9-10-14(21)11-16(12)18(19)20-17-8-4-6-13-5-2-3-7-15(13)17/h2-3,5,7,9-11,17,21H,4,6,8H2,1H3. The maximum atomic E-state index is 12.4. The third-order valence-electron chi connectivity index (χ3n) is 4.00. The summed E-state index contributed by atoms with van der Waals surface area (Å²) in [4.78, 5) is 13.2. The largest absolute Gasteiger partial charge is 0.454 e. The van der Waals surface area contributed by atoms with Gasteiger partial charge in [-0.3, -0.25) is 0 Å². The fourth-order valence-electron chi connectivity index (χ4n) is 2.85. The Kier molecular flexibility index (Phi) is 4.02. The molecule has 2 aromatic carbocycles. The Morgan fingerprint density at radius 1 is 1.24 bits per heavy atom. The Morgan fingerprint density at radius 3 is 2.90 bits per heavy atom.